The van der Waals surface area contributed by atoms with Gasteiger partial charge >= 0.3 is 0 Å². The van der Waals surface area contributed by atoms with E-state index in [1.807, 2.05) is 11.3 Å². The topological polar surface area (TPSA) is 24.5 Å². The van der Waals surface area contributed by atoms with Crippen LogP contribution in [0.4, 0.5) is 0 Å². The lowest BCUT2D eigenvalue weighted by molar-refractivity contribution is 0.0711. The lowest BCUT2D eigenvalue weighted by Crippen LogP contribution is -2.43. The minimum absolute atomic E-state index is 0.549. The zero-order chi connectivity index (χ0) is 11.9. The molecular formula is C13H22N2OS. The summed E-state index contributed by atoms with van der Waals surface area (Å²) in [6.45, 7) is 5.04. The summed E-state index contributed by atoms with van der Waals surface area (Å²) in [6, 6.07) is 4.89. The first kappa shape index (κ1) is 13.0. The first-order valence-electron chi connectivity index (χ1n) is 6.36. The van der Waals surface area contributed by atoms with Gasteiger partial charge in [0.2, 0.25) is 0 Å². The SMILES string of the molecule is CN(CCc1cccs1)CCC1COCCN1. The summed E-state index contributed by atoms with van der Waals surface area (Å²) in [5.41, 5.74) is 0. The second-order valence-electron chi connectivity index (χ2n) is 4.65. The molecule has 2 rings (SSSR count). The van der Waals surface area contributed by atoms with Crippen LogP contribution in [-0.2, 0) is 11.2 Å². The second kappa shape index (κ2) is 7.11. The van der Waals surface area contributed by atoms with E-state index in [0.29, 0.717) is 6.04 Å². The van der Waals surface area contributed by atoms with E-state index >= 15 is 0 Å². The zero-order valence-corrected chi connectivity index (χ0v) is 11.3. The molecule has 2 heterocycles. The first-order chi connectivity index (χ1) is 8.34. The van der Waals surface area contributed by atoms with Crippen LogP contribution in [0, 0.1) is 0 Å². The molecule has 0 aromatic carbocycles. The number of rotatable bonds is 6. The molecule has 17 heavy (non-hydrogen) atoms. The molecule has 0 saturated carbocycles. The molecule has 0 radical (unpaired) electrons. The summed E-state index contributed by atoms with van der Waals surface area (Å²) < 4.78 is 5.45. The van der Waals surface area contributed by atoms with Gasteiger partial charge in [-0.05, 0) is 37.9 Å². The van der Waals surface area contributed by atoms with E-state index in [0.717, 1.165) is 32.8 Å². The summed E-state index contributed by atoms with van der Waals surface area (Å²) in [5.74, 6) is 0. The highest BCUT2D eigenvalue weighted by Crippen LogP contribution is 2.09. The summed E-state index contributed by atoms with van der Waals surface area (Å²) in [4.78, 5) is 3.90. The lowest BCUT2D eigenvalue weighted by Gasteiger charge is -2.26. The van der Waals surface area contributed by atoms with Crippen LogP contribution in [0.25, 0.3) is 0 Å². The van der Waals surface area contributed by atoms with Crippen LogP contribution in [0.5, 0.6) is 0 Å². The number of ether oxygens (including phenoxy) is 1. The van der Waals surface area contributed by atoms with Crippen molar-refractivity contribution in [3.63, 3.8) is 0 Å². The molecule has 1 aromatic heterocycles. The van der Waals surface area contributed by atoms with Crippen LogP contribution in [0.15, 0.2) is 17.5 Å². The van der Waals surface area contributed by atoms with E-state index < -0.39 is 0 Å². The third-order valence-electron chi connectivity index (χ3n) is 3.18. The number of likely N-dealkylation sites (N-methyl/N-ethyl adjacent to an activating group) is 1. The second-order valence-corrected chi connectivity index (χ2v) is 5.68. The van der Waals surface area contributed by atoms with Gasteiger partial charge < -0.3 is 15.0 Å². The molecule has 0 bridgehead atoms. The largest absolute Gasteiger partial charge is 0.379 e. The predicted octanol–water partition coefficient (Wildman–Crippen LogP) is 1.60. The summed E-state index contributed by atoms with van der Waals surface area (Å²) >= 11 is 1.85. The van der Waals surface area contributed by atoms with Gasteiger partial charge in [0.1, 0.15) is 0 Å². The number of hydrogen-bond donors (Lipinski definition) is 1. The molecule has 1 saturated heterocycles. The molecular weight excluding hydrogens is 232 g/mol. The maximum absolute atomic E-state index is 5.45. The Morgan fingerprint density at radius 1 is 1.53 bits per heavy atom. The smallest absolute Gasteiger partial charge is 0.0620 e. The van der Waals surface area contributed by atoms with Gasteiger partial charge in [0.25, 0.3) is 0 Å². The van der Waals surface area contributed by atoms with Crippen molar-refractivity contribution in [2.75, 3.05) is 39.9 Å². The third-order valence-corrected chi connectivity index (χ3v) is 4.11. The Morgan fingerprint density at radius 2 is 2.47 bits per heavy atom. The molecule has 0 spiro atoms. The third kappa shape index (κ3) is 4.76. The van der Waals surface area contributed by atoms with E-state index in [2.05, 4.69) is 34.8 Å². The average molecular weight is 254 g/mol. The van der Waals surface area contributed by atoms with Crippen molar-refractivity contribution < 1.29 is 4.74 Å². The number of morpholine rings is 1. The van der Waals surface area contributed by atoms with Gasteiger partial charge in [0.05, 0.1) is 13.2 Å². The van der Waals surface area contributed by atoms with Crippen LogP contribution in [0.3, 0.4) is 0 Å². The quantitative estimate of drug-likeness (QED) is 0.834. The fourth-order valence-corrected chi connectivity index (χ4v) is 2.75. The number of thiophene rings is 1. The van der Waals surface area contributed by atoms with Crippen LogP contribution in [0.1, 0.15) is 11.3 Å². The van der Waals surface area contributed by atoms with Crippen LogP contribution >= 0.6 is 11.3 Å². The van der Waals surface area contributed by atoms with Crippen LogP contribution < -0.4 is 5.32 Å². The van der Waals surface area contributed by atoms with Crippen molar-refractivity contribution in [2.24, 2.45) is 0 Å². The molecule has 1 aromatic rings. The van der Waals surface area contributed by atoms with Gasteiger partial charge in [-0.2, -0.15) is 0 Å². The van der Waals surface area contributed by atoms with E-state index in [1.165, 1.54) is 17.7 Å². The minimum Gasteiger partial charge on any atom is -0.379 e. The van der Waals surface area contributed by atoms with Gasteiger partial charge in [-0.3, -0.25) is 0 Å². The number of nitrogens with zero attached hydrogens (tertiary/aromatic N) is 1. The maximum Gasteiger partial charge on any atom is 0.0620 e. The Bertz CT molecular complexity index is 296. The molecule has 3 nitrogen and oxygen atoms in total. The maximum atomic E-state index is 5.45. The molecule has 1 aliphatic heterocycles. The minimum atomic E-state index is 0.549. The van der Waals surface area contributed by atoms with Crippen LogP contribution in [0.2, 0.25) is 0 Å². The van der Waals surface area contributed by atoms with E-state index in [9.17, 15) is 0 Å². The van der Waals surface area contributed by atoms with Crippen molar-refractivity contribution in [3.05, 3.63) is 22.4 Å². The highest BCUT2D eigenvalue weighted by atomic mass is 32.1. The van der Waals surface area contributed by atoms with Crippen molar-refractivity contribution in [3.8, 4) is 0 Å². The molecule has 96 valence electrons. The standard InChI is InChI=1S/C13H22N2OS/c1-15(8-5-13-3-2-10-17-13)7-4-12-11-16-9-6-14-12/h2-3,10,12,14H,4-9,11H2,1H3. The number of nitrogens with one attached hydrogen (secondary N) is 1. The Hall–Kier alpha value is -0.420. The van der Waals surface area contributed by atoms with Gasteiger partial charge in [-0.1, -0.05) is 6.07 Å². The van der Waals surface area contributed by atoms with Gasteiger partial charge in [-0.25, -0.2) is 0 Å². The molecule has 1 unspecified atom stereocenters. The lowest BCUT2D eigenvalue weighted by atomic mass is 10.2. The number of hydrogen-bond acceptors (Lipinski definition) is 4. The summed E-state index contributed by atoms with van der Waals surface area (Å²) in [7, 11) is 2.21. The highest BCUT2D eigenvalue weighted by molar-refractivity contribution is 7.09. The molecule has 0 amide bonds. The average Bonchev–Trinajstić information content (AvgIpc) is 2.88. The normalized spacial score (nSPS) is 20.9. The monoisotopic (exact) mass is 254 g/mol. The van der Waals surface area contributed by atoms with Gasteiger partial charge in [0, 0.05) is 24.0 Å². The van der Waals surface area contributed by atoms with E-state index in [-0.39, 0.29) is 0 Å². The first-order valence-corrected chi connectivity index (χ1v) is 7.24. The molecule has 1 atom stereocenters. The van der Waals surface area contributed by atoms with Crippen LogP contribution in [-0.4, -0.2) is 50.8 Å². The molecule has 4 heteroatoms. The van der Waals surface area contributed by atoms with E-state index in [1.54, 1.807) is 0 Å². The van der Waals surface area contributed by atoms with Crippen molar-refractivity contribution in [2.45, 2.75) is 18.9 Å². The van der Waals surface area contributed by atoms with Crippen molar-refractivity contribution >= 4 is 11.3 Å². The Morgan fingerprint density at radius 3 is 3.18 bits per heavy atom. The Kier molecular flexibility index (Phi) is 5.45. The fraction of sp³-hybridized carbons (Fsp3) is 0.692. The van der Waals surface area contributed by atoms with Gasteiger partial charge in [0.15, 0.2) is 0 Å². The Labute approximate surface area is 108 Å². The fourth-order valence-electron chi connectivity index (χ4n) is 2.05. The predicted molar refractivity (Wildman–Crippen MR) is 72.7 cm³/mol. The molecule has 1 N–H and O–H groups in total. The van der Waals surface area contributed by atoms with Crippen molar-refractivity contribution in [1.29, 1.82) is 0 Å². The Balaban J connectivity index is 1.58. The van der Waals surface area contributed by atoms with E-state index in [4.69, 9.17) is 4.74 Å². The summed E-state index contributed by atoms with van der Waals surface area (Å²) in [6.07, 6.45) is 2.35. The van der Waals surface area contributed by atoms with Gasteiger partial charge in [-0.15, -0.1) is 11.3 Å². The zero-order valence-electron chi connectivity index (χ0n) is 10.5. The molecule has 0 aliphatic carbocycles. The van der Waals surface area contributed by atoms with Crippen molar-refractivity contribution in [1.82, 2.24) is 10.2 Å². The highest BCUT2D eigenvalue weighted by Gasteiger charge is 2.13. The summed E-state index contributed by atoms with van der Waals surface area (Å²) in [5, 5.41) is 5.65. The molecule has 1 fully saturated rings. The molecule has 1 aliphatic rings.